The molecule has 0 radical (unpaired) electrons. The number of nitrogens with zero attached hydrogens (tertiary/aromatic N) is 3. The van der Waals surface area contributed by atoms with E-state index in [1.807, 2.05) is 29.1 Å². The van der Waals surface area contributed by atoms with Crippen LogP contribution in [0, 0.1) is 0 Å². The van der Waals surface area contributed by atoms with Crippen molar-refractivity contribution < 1.29 is 4.79 Å². The molecule has 2 aliphatic rings. The van der Waals surface area contributed by atoms with E-state index in [4.69, 9.17) is 11.6 Å². The Kier molecular flexibility index (Phi) is 2.97. The van der Waals surface area contributed by atoms with Gasteiger partial charge in [0.1, 0.15) is 0 Å². The van der Waals surface area contributed by atoms with E-state index in [0.717, 1.165) is 35.8 Å². The lowest BCUT2D eigenvalue weighted by Crippen LogP contribution is -2.43. The molecule has 1 amide bonds. The summed E-state index contributed by atoms with van der Waals surface area (Å²) in [6.45, 7) is 2.50. The summed E-state index contributed by atoms with van der Waals surface area (Å²) < 4.78 is 1.87. The zero-order valence-electron chi connectivity index (χ0n) is 11.4. The van der Waals surface area contributed by atoms with Crippen LogP contribution in [0.3, 0.4) is 0 Å². The Morgan fingerprint density at radius 3 is 3.00 bits per heavy atom. The lowest BCUT2D eigenvalue weighted by molar-refractivity contribution is 0.0989. The zero-order chi connectivity index (χ0) is 14.4. The van der Waals surface area contributed by atoms with Gasteiger partial charge in [-0.3, -0.25) is 9.48 Å². The molecule has 1 N–H and O–H groups in total. The molecule has 2 aromatic rings. The predicted molar refractivity (Wildman–Crippen MR) is 81.0 cm³/mol. The van der Waals surface area contributed by atoms with Gasteiger partial charge in [-0.25, -0.2) is 0 Å². The normalized spacial score (nSPS) is 17.7. The monoisotopic (exact) mass is 302 g/mol. The van der Waals surface area contributed by atoms with E-state index in [1.54, 1.807) is 11.1 Å². The first kappa shape index (κ1) is 12.9. The highest BCUT2D eigenvalue weighted by Gasteiger charge is 2.28. The lowest BCUT2D eigenvalue weighted by atomic mass is 10.1. The molecular formula is C15H15ClN4O. The third-order valence-corrected chi connectivity index (χ3v) is 4.55. The molecule has 21 heavy (non-hydrogen) atoms. The molecule has 1 aromatic heterocycles. The number of carbonyl (C=O) groups is 1. The minimum absolute atomic E-state index is 0.00505. The van der Waals surface area contributed by atoms with Crippen LogP contribution in [0.2, 0.25) is 5.02 Å². The van der Waals surface area contributed by atoms with E-state index in [0.29, 0.717) is 18.2 Å². The lowest BCUT2D eigenvalue weighted by Gasteiger charge is -2.27. The SMILES string of the molecule is O=C(c1cnn(C2CNC2)c1)N1CCc2c(Cl)cccc21. The molecule has 4 rings (SSSR count). The molecule has 6 heteroatoms. The molecule has 3 heterocycles. The van der Waals surface area contributed by atoms with Crippen molar-refractivity contribution in [1.29, 1.82) is 0 Å². The van der Waals surface area contributed by atoms with Gasteiger partial charge in [-0.15, -0.1) is 0 Å². The summed E-state index contributed by atoms with van der Waals surface area (Å²) in [6, 6.07) is 6.07. The van der Waals surface area contributed by atoms with Crippen LogP contribution in [0.4, 0.5) is 5.69 Å². The number of nitrogens with one attached hydrogen (secondary N) is 1. The highest BCUT2D eigenvalue weighted by atomic mass is 35.5. The van der Waals surface area contributed by atoms with Gasteiger partial charge in [0.25, 0.3) is 5.91 Å². The predicted octanol–water partition coefficient (Wildman–Crippen LogP) is 1.88. The van der Waals surface area contributed by atoms with Crippen molar-refractivity contribution in [2.75, 3.05) is 24.5 Å². The van der Waals surface area contributed by atoms with E-state index >= 15 is 0 Å². The first-order chi connectivity index (χ1) is 10.2. The van der Waals surface area contributed by atoms with Gasteiger partial charge < -0.3 is 10.2 Å². The van der Waals surface area contributed by atoms with Crippen molar-refractivity contribution in [3.05, 3.63) is 46.7 Å². The van der Waals surface area contributed by atoms with Crippen LogP contribution >= 0.6 is 11.6 Å². The molecule has 0 saturated carbocycles. The van der Waals surface area contributed by atoms with Gasteiger partial charge in [0, 0.05) is 36.5 Å². The van der Waals surface area contributed by atoms with Crippen molar-refractivity contribution in [1.82, 2.24) is 15.1 Å². The Morgan fingerprint density at radius 2 is 2.24 bits per heavy atom. The van der Waals surface area contributed by atoms with Gasteiger partial charge in [-0.1, -0.05) is 17.7 Å². The number of amides is 1. The minimum Gasteiger partial charge on any atom is -0.312 e. The molecule has 0 bridgehead atoms. The number of rotatable bonds is 2. The van der Waals surface area contributed by atoms with Crippen molar-refractivity contribution in [3.63, 3.8) is 0 Å². The van der Waals surface area contributed by atoms with E-state index in [9.17, 15) is 4.79 Å². The van der Waals surface area contributed by atoms with E-state index in [-0.39, 0.29) is 5.91 Å². The van der Waals surface area contributed by atoms with Crippen LogP contribution in [0.1, 0.15) is 22.0 Å². The Balaban J connectivity index is 1.61. The number of hydrogen-bond donors (Lipinski definition) is 1. The maximum absolute atomic E-state index is 12.7. The van der Waals surface area contributed by atoms with Crippen LogP contribution < -0.4 is 10.2 Å². The fourth-order valence-corrected chi connectivity index (χ4v) is 3.13. The number of aromatic nitrogens is 2. The molecule has 108 valence electrons. The largest absolute Gasteiger partial charge is 0.312 e. The van der Waals surface area contributed by atoms with Crippen LogP contribution in [0.5, 0.6) is 0 Å². The zero-order valence-corrected chi connectivity index (χ0v) is 12.2. The standard InChI is InChI=1S/C15H15ClN4O/c16-13-2-1-3-14-12(13)4-5-19(14)15(21)10-6-18-20(9-10)11-7-17-8-11/h1-3,6,9,11,17H,4-5,7-8H2. The number of benzene rings is 1. The van der Waals surface area contributed by atoms with Crippen molar-refractivity contribution in [3.8, 4) is 0 Å². The average molecular weight is 303 g/mol. The first-order valence-electron chi connectivity index (χ1n) is 7.08. The second-order valence-electron chi connectivity index (χ2n) is 5.47. The summed E-state index contributed by atoms with van der Waals surface area (Å²) in [5.41, 5.74) is 2.61. The summed E-state index contributed by atoms with van der Waals surface area (Å²) in [5, 5.41) is 8.24. The highest BCUT2D eigenvalue weighted by Crippen LogP contribution is 2.34. The van der Waals surface area contributed by atoms with Gasteiger partial charge in [0.2, 0.25) is 0 Å². The summed E-state index contributed by atoms with van der Waals surface area (Å²) in [4.78, 5) is 14.5. The van der Waals surface area contributed by atoms with E-state index in [2.05, 4.69) is 10.4 Å². The second kappa shape index (κ2) is 4.86. The second-order valence-corrected chi connectivity index (χ2v) is 5.87. The summed E-state index contributed by atoms with van der Waals surface area (Å²) in [6.07, 6.45) is 4.31. The fraction of sp³-hybridized carbons (Fsp3) is 0.333. The molecule has 0 aliphatic carbocycles. The van der Waals surface area contributed by atoms with Gasteiger partial charge in [0.15, 0.2) is 0 Å². The average Bonchev–Trinajstić information content (AvgIpc) is 3.03. The van der Waals surface area contributed by atoms with Crippen LogP contribution in [-0.4, -0.2) is 35.3 Å². The number of halogens is 1. The van der Waals surface area contributed by atoms with Crippen LogP contribution in [0.25, 0.3) is 0 Å². The van der Waals surface area contributed by atoms with Crippen molar-refractivity contribution in [2.45, 2.75) is 12.5 Å². The summed E-state index contributed by atoms with van der Waals surface area (Å²) in [5.74, 6) is -0.00505. The fourth-order valence-electron chi connectivity index (χ4n) is 2.87. The molecule has 0 spiro atoms. The molecule has 2 aliphatic heterocycles. The minimum atomic E-state index is -0.00505. The third-order valence-electron chi connectivity index (χ3n) is 4.20. The van der Waals surface area contributed by atoms with Crippen LogP contribution in [0.15, 0.2) is 30.6 Å². The molecule has 0 unspecified atom stereocenters. The Labute approximate surface area is 127 Å². The first-order valence-corrected chi connectivity index (χ1v) is 7.46. The van der Waals surface area contributed by atoms with E-state index in [1.165, 1.54) is 0 Å². The van der Waals surface area contributed by atoms with Crippen molar-refractivity contribution >= 4 is 23.2 Å². The topological polar surface area (TPSA) is 50.2 Å². The molecular weight excluding hydrogens is 288 g/mol. The van der Waals surface area contributed by atoms with E-state index < -0.39 is 0 Å². The highest BCUT2D eigenvalue weighted by molar-refractivity contribution is 6.32. The van der Waals surface area contributed by atoms with Gasteiger partial charge in [-0.05, 0) is 24.1 Å². The summed E-state index contributed by atoms with van der Waals surface area (Å²) in [7, 11) is 0. The third kappa shape index (κ3) is 2.04. The van der Waals surface area contributed by atoms with Crippen LogP contribution in [-0.2, 0) is 6.42 Å². The summed E-state index contributed by atoms with van der Waals surface area (Å²) >= 11 is 6.20. The molecule has 1 aromatic carbocycles. The number of hydrogen-bond acceptors (Lipinski definition) is 3. The quantitative estimate of drug-likeness (QED) is 0.921. The molecule has 0 atom stereocenters. The maximum Gasteiger partial charge on any atom is 0.261 e. The maximum atomic E-state index is 12.7. The van der Waals surface area contributed by atoms with Gasteiger partial charge in [0.05, 0.1) is 17.8 Å². The smallest absolute Gasteiger partial charge is 0.261 e. The van der Waals surface area contributed by atoms with Gasteiger partial charge in [-0.2, -0.15) is 5.10 Å². The van der Waals surface area contributed by atoms with Crippen molar-refractivity contribution in [2.24, 2.45) is 0 Å². The van der Waals surface area contributed by atoms with Gasteiger partial charge >= 0.3 is 0 Å². The molecule has 1 fully saturated rings. The number of anilines is 1. The Bertz CT molecular complexity index is 707. The number of fused-ring (bicyclic) bond motifs is 1. The Hall–Kier alpha value is -1.85. The number of carbonyl (C=O) groups excluding carboxylic acids is 1. The Morgan fingerprint density at radius 1 is 1.38 bits per heavy atom. The molecule has 5 nitrogen and oxygen atoms in total. The molecule has 1 saturated heterocycles.